The van der Waals surface area contributed by atoms with Crippen molar-refractivity contribution in [3.05, 3.63) is 17.2 Å². The van der Waals surface area contributed by atoms with Crippen LogP contribution in [0.5, 0.6) is 0 Å². The molecule has 1 rings (SSSR count). The van der Waals surface area contributed by atoms with E-state index in [4.69, 9.17) is 16.7 Å². The minimum absolute atomic E-state index is 0.0479. The normalized spacial score (nSPS) is 14.8. The van der Waals surface area contributed by atoms with E-state index in [2.05, 4.69) is 9.97 Å². The maximum absolute atomic E-state index is 11.8. The second-order valence-corrected chi connectivity index (χ2v) is 2.47. The Morgan fingerprint density at radius 2 is 2.17 bits per heavy atom. The Bertz CT molecular complexity index is 272. The van der Waals surface area contributed by atoms with Crippen molar-refractivity contribution < 1.29 is 18.3 Å². The monoisotopic (exact) mass is 200 g/mol. The summed E-state index contributed by atoms with van der Waals surface area (Å²) in [6.45, 7) is 0. The third-order valence-corrected chi connectivity index (χ3v) is 1.33. The SMILES string of the molecule is OC(c1ncc(Cl)[nH]1)C(F)(F)F. The molecule has 7 heteroatoms. The van der Waals surface area contributed by atoms with Gasteiger partial charge in [-0.05, 0) is 0 Å². The molecule has 0 radical (unpaired) electrons. The molecular weight excluding hydrogens is 197 g/mol. The van der Waals surface area contributed by atoms with E-state index >= 15 is 0 Å². The molecule has 0 fully saturated rings. The first-order chi connectivity index (χ1) is 5.41. The molecule has 1 atom stereocenters. The molecule has 3 nitrogen and oxygen atoms in total. The molecule has 0 aliphatic rings. The van der Waals surface area contributed by atoms with Crippen molar-refractivity contribution >= 4 is 11.6 Å². The fraction of sp³-hybridized carbons (Fsp3) is 0.400. The predicted octanol–water partition coefficient (Wildman–Crippen LogP) is 1.66. The zero-order valence-electron chi connectivity index (χ0n) is 5.56. The number of hydrogen-bond acceptors (Lipinski definition) is 2. The number of aromatic amines is 1. The number of aliphatic hydroxyl groups excluding tert-OH is 1. The molecule has 0 saturated heterocycles. The van der Waals surface area contributed by atoms with Crippen LogP contribution in [-0.4, -0.2) is 21.3 Å². The minimum atomic E-state index is -4.72. The molecule has 1 heterocycles. The van der Waals surface area contributed by atoms with Crippen LogP contribution >= 0.6 is 11.6 Å². The second kappa shape index (κ2) is 2.95. The number of hydrogen-bond donors (Lipinski definition) is 2. The van der Waals surface area contributed by atoms with Gasteiger partial charge in [0.15, 0.2) is 0 Å². The number of halogens is 4. The number of aliphatic hydroxyl groups is 1. The average Bonchev–Trinajstić information content (AvgIpc) is 2.32. The van der Waals surface area contributed by atoms with Gasteiger partial charge in [0.05, 0.1) is 6.20 Å². The van der Waals surface area contributed by atoms with E-state index in [1.54, 1.807) is 0 Å². The summed E-state index contributed by atoms with van der Waals surface area (Å²) in [5.74, 6) is -0.604. The Balaban J connectivity index is 2.85. The number of nitrogens with zero attached hydrogens (tertiary/aromatic N) is 1. The summed E-state index contributed by atoms with van der Waals surface area (Å²) in [7, 11) is 0. The van der Waals surface area contributed by atoms with Gasteiger partial charge >= 0.3 is 6.18 Å². The highest BCUT2D eigenvalue weighted by molar-refractivity contribution is 6.29. The van der Waals surface area contributed by atoms with E-state index in [0.29, 0.717) is 0 Å². The van der Waals surface area contributed by atoms with Gasteiger partial charge in [0.2, 0.25) is 6.10 Å². The lowest BCUT2D eigenvalue weighted by atomic mass is 10.3. The van der Waals surface area contributed by atoms with Crippen LogP contribution in [0.25, 0.3) is 0 Å². The summed E-state index contributed by atoms with van der Waals surface area (Å²) < 4.78 is 35.4. The molecule has 0 aliphatic carbocycles. The number of imidazole rings is 1. The van der Waals surface area contributed by atoms with Crippen LogP contribution in [0.15, 0.2) is 6.20 Å². The lowest BCUT2D eigenvalue weighted by molar-refractivity contribution is -0.209. The van der Waals surface area contributed by atoms with E-state index in [-0.39, 0.29) is 5.15 Å². The van der Waals surface area contributed by atoms with Gasteiger partial charge in [-0.1, -0.05) is 11.6 Å². The van der Waals surface area contributed by atoms with Gasteiger partial charge in [0.25, 0.3) is 0 Å². The maximum atomic E-state index is 11.8. The second-order valence-electron chi connectivity index (χ2n) is 2.06. The maximum Gasteiger partial charge on any atom is 0.421 e. The predicted molar refractivity (Wildman–Crippen MR) is 34.6 cm³/mol. The van der Waals surface area contributed by atoms with Crippen LogP contribution in [0.1, 0.15) is 11.9 Å². The zero-order valence-corrected chi connectivity index (χ0v) is 6.32. The van der Waals surface area contributed by atoms with E-state index in [0.717, 1.165) is 6.20 Å². The smallest absolute Gasteiger partial charge is 0.377 e. The lowest BCUT2D eigenvalue weighted by Crippen LogP contribution is -2.21. The van der Waals surface area contributed by atoms with E-state index < -0.39 is 18.1 Å². The summed E-state index contributed by atoms with van der Waals surface area (Å²) in [6.07, 6.45) is -6.34. The van der Waals surface area contributed by atoms with Crippen LogP contribution in [0.2, 0.25) is 5.15 Å². The molecule has 0 spiro atoms. The quantitative estimate of drug-likeness (QED) is 0.724. The fourth-order valence-electron chi connectivity index (χ4n) is 0.607. The first-order valence-electron chi connectivity index (χ1n) is 2.86. The molecule has 0 aliphatic heterocycles. The van der Waals surface area contributed by atoms with Crippen LogP contribution in [0.3, 0.4) is 0 Å². The molecular formula is C5H4ClF3N2O. The zero-order chi connectivity index (χ0) is 9.35. The van der Waals surface area contributed by atoms with Crippen molar-refractivity contribution in [1.82, 2.24) is 9.97 Å². The van der Waals surface area contributed by atoms with Crippen LogP contribution in [0.4, 0.5) is 13.2 Å². The standard InChI is InChI=1S/C5H4ClF3N2O/c6-2-1-10-4(11-2)3(12)5(7,8)9/h1,3,12H,(H,10,11). The summed E-state index contributed by atoms with van der Waals surface area (Å²) in [6, 6.07) is 0. The molecule has 0 bridgehead atoms. The van der Waals surface area contributed by atoms with Crippen molar-refractivity contribution in [2.45, 2.75) is 12.3 Å². The van der Waals surface area contributed by atoms with Gasteiger partial charge in [-0.15, -0.1) is 0 Å². The summed E-state index contributed by atoms with van der Waals surface area (Å²) in [5.41, 5.74) is 0. The number of aromatic nitrogens is 2. The van der Waals surface area contributed by atoms with Gasteiger partial charge < -0.3 is 10.1 Å². The minimum Gasteiger partial charge on any atom is -0.377 e. The Morgan fingerprint density at radius 1 is 1.58 bits per heavy atom. The van der Waals surface area contributed by atoms with Crippen LogP contribution < -0.4 is 0 Å². The van der Waals surface area contributed by atoms with Crippen LogP contribution in [0, 0.1) is 0 Å². The Hall–Kier alpha value is -0.750. The summed E-state index contributed by atoms with van der Waals surface area (Å²) in [5, 5.41) is 8.55. The van der Waals surface area contributed by atoms with E-state index in [1.165, 1.54) is 0 Å². The van der Waals surface area contributed by atoms with Crippen molar-refractivity contribution in [2.75, 3.05) is 0 Å². The van der Waals surface area contributed by atoms with Crippen molar-refractivity contribution in [3.8, 4) is 0 Å². The molecule has 1 aromatic rings. The van der Waals surface area contributed by atoms with Crippen molar-refractivity contribution in [1.29, 1.82) is 0 Å². The van der Waals surface area contributed by atoms with Crippen molar-refractivity contribution in [2.24, 2.45) is 0 Å². The Morgan fingerprint density at radius 3 is 2.50 bits per heavy atom. The van der Waals surface area contributed by atoms with E-state index in [1.807, 2.05) is 0 Å². The topological polar surface area (TPSA) is 48.9 Å². The molecule has 1 unspecified atom stereocenters. The van der Waals surface area contributed by atoms with E-state index in [9.17, 15) is 13.2 Å². The highest BCUT2D eigenvalue weighted by Crippen LogP contribution is 2.30. The van der Waals surface area contributed by atoms with Gasteiger partial charge in [0.1, 0.15) is 11.0 Å². The highest BCUT2D eigenvalue weighted by Gasteiger charge is 2.41. The number of rotatable bonds is 1. The third kappa shape index (κ3) is 1.89. The average molecular weight is 201 g/mol. The number of alkyl halides is 3. The van der Waals surface area contributed by atoms with Gasteiger partial charge in [-0.2, -0.15) is 13.2 Å². The molecule has 0 amide bonds. The molecule has 2 N–H and O–H groups in total. The summed E-state index contributed by atoms with van der Waals surface area (Å²) in [4.78, 5) is 5.29. The first-order valence-corrected chi connectivity index (χ1v) is 3.24. The van der Waals surface area contributed by atoms with Gasteiger partial charge in [-0.25, -0.2) is 4.98 Å². The molecule has 0 aromatic carbocycles. The third-order valence-electron chi connectivity index (χ3n) is 1.13. The number of nitrogens with one attached hydrogen (secondary N) is 1. The van der Waals surface area contributed by atoms with Gasteiger partial charge in [-0.3, -0.25) is 0 Å². The van der Waals surface area contributed by atoms with Gasteiger partial charge in [0, 0.05) is 0 Å². The molecule has 1 aromatic heterocycles. The summed E-state index contributed by atoms with van der Waals surface area (Å²) >= 11 is 5.26. The Labute approximate surface area is 70.2 Å². The highest BCUT2D eigenvalue weighted by atomic mass is 35.5. The lowest BCUT2D eigenvalue weighted by Gasteiger charge is -2.10. The number of H-pyrrole nitrogens is 1. The fourth-order valence-corrected chi connectivity index (χ4v) is 0.753. The largest absolute Gasteiger partial charge is 0.421 e. The van der Waals surface area contributed by atoms with Crippen LogP contribution in [-0.2, 0) is 0 Å². The Kier molecular flexibility index (Phi) is 2.29. The molecule has 12 heavy (non-hydrogen) atoms. The molecule has 68 valence electrons. The first kappa shape index (κ1) is 9.34. The molecule has 0 saturated carbocycles. The van der Waals surface area contributed by atoms with Crippen molar-refractivity contribution in [3.63, 3.8) is 0 Å².